The van der Waals surface area contributed by atoms with Crippen LogP contribution in [0.25, 0.3) is 0 Å². The van der Waals surface area contributed by atoms with Gasteiger partial charge in [-0.05, 0) is 38.1 Å². The smallest absolute Gasteiger partial charge is 0.0850 e. The zero-order valence-electron chi connectivity index (χ0n) is 11.4. The molecule has 3 nitrogen and oxygen atoms in total. The minimum absolute atomic E-state index is 0.113. The molecule has 0 aliphatic carbocycles. The van der Waals surface area contributed by atoms with Crippen molar-refractivity contribution in [2.24, 2.45) is 11.1 Å². The van der Waals surface area contributed by atoms with Gasteiger partial charge in [-0.15, -0.1) is 0 Å². The summed E-state index contributed by atoms with van der Waals surface area (Å²) in [7, 11) is 0. The third-order valence-electron chi connectivity index (χ3n) is 3.63. The van der Waals surface area contributed by atoms with E-state index in [0.717, 1.165) is 42.2 Å². The van der Waals surface area contributed by atoms with Gasteiger partial charge in [0.25, 0.3) is 0 Å². The van der Waals surface area contributed by atoms with Crippen molar-refractivity contribution in [3.8, 4) is 0 Å². The number of hydrogen-bond donors (Lipinski definition) is 1. The van der Waals surface area contributed by atoms with Crippen LogP contribution in [-0.4, -0.2) is 16.3 Å². The Kier molecular flexibility index (Phi) is 5.02. The zero-order chi connectivity index (χ0) is 13.1. The van der Waals surface area contributed by atoms with Crippen molar-refractivity contribution in [3.63, 3.8) is 0 Å². The number of halogens is 1. The molecule has 0 radical (unpaired) electrons. The van der Waals surface area contributed by atoms with E-state index in [2.05, 4.69) is 32.8 Å². The van der Waals surface area contributed by atoms with Gasteiger partial charge >= 0.3 is 0 Å². The van der Waals surface area contributed by atoms with E-state index in [1.807, 2.05) is 4.68 Å². The molecule has 1 unspecified atom stereocenters. The summed E-state index contributed by atoms with van der Waals surface area (Å²) in [6.45, 7) is 10.1. The molecular weight excluding hydrogens is 234 g/mol. The average Bonchev–Trinajstić information content (AvgIpc) is 2.66. The molecule has 1 atom stereocenters. The lowest BCUT2D eigenvalue weighted by molar-refractivity contribution is 0.311. The van der Waals surface area contributed by atoms with Crippen LogP contribution in [0.2, 0.25) is 5.02 Å². The van der Waals surface area contributed by atoms with Gasteiger partial charge < -0.3 is 5.73 Å². The third kappa shape index (κ3) is 3.02. The number of nitrogens with zero attached hydrogens (tertiary/aromatic N) is 2. The fourth-order valence-electron chi connectivity index (χ4n) is 1.93. The van der Waals surface area contributed by atoms with E-state index in [1.165, 1.54) is 0 Å². The molecule has 0 aliphatic rings. The first kappa shape index (κ1) is 14.5. The average molecular weight is 258 g/mol. The molecule has 1 aromatic heterocycles. The Morgan fingerprint density at radius 1 is 1.35 bits per heavy atom. The minimum atomic E-state index is 0.113. The zero-order valence-corrected chi connectivity index (χ0v) is 12.1. The summed E-state index contributed by atoms with van der Waals surface area (Å²) in [5.41, 5.74) is 8.12. The number of nitrogens with two attached hydrogens (primary N) is 1. The highest BCUT2D eigenvalue weighted by Crippen LogP contribution is 2.30. The normalized spacial score (nSPS) is 14.9. The Morgan fingerprint density at radius 2 is 2.00 bits per heavy atom. The Labute approximate surface area is 109 Å². The predicted octanol–water partition coefficient (Wildman–Crippen LogP) is 3.04. The largest absolute Gasteiger partial charge is 0.330 e. The van der Waals surface area contributed by atoms with Gasteiger partial charge in [0.05, 0.1) is 16.4 Å². The van der Waals surface area contributed by atoms with Crippen LogP contribution in [0.3, 0.4) is 0 Å². The molecule has 0 amide bonds. The van der Waals surface area contributed by atoms with Gasteiger partial charge in [-0.3, -0.25) is 4.68 Å². The lowest BCUT2D eigenvalue weighted by Crippen LogP contribution is -2.30. The molecule has 1 aromatic rings. The fraction of sp³-hybridized carbons (Fsp3) is 0.769. The fourth-order valence-corrected chi connectivity index (χ4v) is 2.27. The first-order valence-electron chi connectivity index (χ1n) is 6.45. The summed E-state index contributed by atoms with van der Waals surface area (Å²) in [6, 6.07) is 0. The van der Waals surface area contributed by atoms with Crippen LogP contribution < -0.4 is 5.73 Å². The van der Waals surface area contributed by atoms with Gasteiger partial charge in [0, 0.05) is 6.54 Å². The molecule has 4 heteroatoms. The molecule has 17 heavy (non-hydrogen) atoms. The number of aryl methyl sites for hydroxylation is 2. The van der Waals surface area contributed by atoms with Crippen LogP contribution in [-0.2, 0) is 19.4 Å². The lowest BCUT2D eigenvalue weighted by atomic mass is 9.83. The monoisotopic (exact) mass is 257 g/mol. The molecule has 98 valence electrons. The number of aromatic nitrogens is 2. The topological polar surface area (TPSA) is 43.8 Å². The van der Waals surface area contributed by atoms with Gasteiger partial charge in [-0.2, -0.15) is 5.10 Å². The van der Waals surface area contributed by atoms with E-state index in [0.29, 0.717) is 6.54 Å². The highest BCUT2D eigenvalue weighted by molar-refractivity contribution is 6.31. The van der Waals surface area contributed by atoms with Gasteiger partial charge in [-0.25, -0.2) is 0 Å². The van der Waals surface area contributed by atoms with Crippen LogP contribution in [0.15, 0.2) is 0 Å². The van der Waals surface area contributed by atoms with Crippen LogP contribution in [0.1, 0.15) is 45.5 Å². The first-order valence-corrected chi connectivity index (χ1v) is 6.83. The van der Waals surface area contributed by atoms with Crippen molar-refractivity contribution in [2.75, 3.05) is 6.54 Å². The Morgan fingerprint density at radius 3 is 2.41 bits per heavy atom. The Hall–Kier alpha value is -0.540. The maximum Gasteiger partial charge on any atom is 0.0850 e. The highest BCUT2D eigenvalue weighted by Gasteiger charge is 2.25. The predicted molar refractivity (Wildman–Crippen MR) is 73.4 cm³/mol. The highest BCUT2D eigenvalue weighted by atomic mass is 35.5. The second-order valence-corrected chi connectivity index (χ2v) is 5.30. The molecule has 0 saturated heterocycles. The van der Waals surface area contributed by atoms with Crippen LogP contribution in [0.5, 0.6) is 0 Å². The number of hydrogen-bond acceptors (Lipinski definition) is 2. The third-order valence-corrected chi connectivity index (χ3v) is 4.07. The molecule has 1 heterocycles. The molecule has 0 saturated carbocycles. The van der Waals surface area contributed by atoms with E-state index in [-0.39, 0.29) is 5.41 Å². The van der Waals surface area contributed by atoms with Crippen molar-refractivity contribution < 1.29 is 0 Å². The van der Waals surface area contributed by atoms with E-state index in [9.17, 15) is 0 Å². The molecule has 0 aliphatic heterocycles. The molecular formula is C13H24ClN3. The van der Waals surface area contributed by atoms with Crippen molar-refractivity contribution >= 4 is 11.6 Å². The second kappa shape index (κ2) is 5.87. The van der Waals surface area contributed by atoms with Crippen LogP contribution in [0, 0.1) is 5.41 Å². The first-order chi connectivity index (χ1) is 8.01. The maximum absolute atomic E-state index is 6.40. The molecule has 0 bridgehead atoms. The molecule has 2 N–H and O–H groups in total. The van der Waals surface area contributed by atoms with Gasteiger partial charge in [0.2, 0.25) is 0 Å². The van der Waals surface area contributed by atoms with Crippen molar-refractivity contribution in [2.45, 2.75) is 53.5 Å². The molecule has 0 spiro atoms. The summed E-state index contributed by atoms with van der Waals surface area (Å²) < 4.78 is 2.02. The Bertz CT molecular complexity index is 367. The van der Waals surface area contributed by atoms with E-state index in [1.54, 1.807) is 0 Å². The molecule has 1 rings (SSSR count). The van der Waals surface area contributed by atoms with E-state index in [4.69, 9.17) is 17.3 Å². The summed E-state index contributed by atoms with van der Waals surface area (Å²) in [5, 5.41) is 5.38. The van der Waals surface area contributed by atoms with Crippen molar-refractivity contribution in [3.05, 3.63) is 16.4 Å². The van der Waals surface area contributed by atoms with Crippen LogP contribution >= 0.6 is 11.6 Å². The minimum Gasteiger partial charge on any atom is -0.330 e. The van der Waals surface area contributed by atoms with Crippen molar-refractivity contribution in [1.82, 2.24) is 9.78 Å². The second-order valence-electron chi connectivity index (χ2n) is 4.92. The Balaban J connectivity index is 3.08. The van der Waals surface area contributed by atoms with E-state index < -0.39 is 0 Å². The maximum atomic E-state index is 6.40. The summed E-state index contributed by atoms with van der Waals surface area (Å²) >= 11 is 6.40. The lowest BCUT2D eigenvalue weighted by Gasteiger charge is -2.26. The standard InChI is InChI=1S/C13H24ClN3/c1-5-10-12(14)11(17(7-3)16-10)8-13(4,6-2)9-15/h5-9,15H2,1-4H3. The summed E-state index contributed by atoms with van der Waals surface area (Å²) in [4.78, 5) is 0. The van der Waals surface area contributed by atoms with Gasteiger partial charge in [0.15, 0.2) is 0 Å². The van der Waals surface area contributed by atoms with Gasteiger partial charge in [0.1, 0.15) is 0 Å². The number of rotatable bonds is 6. The quantitative estimate of drug-likeness (QED) is 0.851. The van der Waals surface area contributed by atoms with Gasteiger partial charge in [-0.1, -0.05) is 32.4 Å². The summed E-state index contributed by atoms with van der Waals surface area (Å²) in [5.74, 6) is 0. The molecule has 0 aromatic carbocycles. The van der Waals surface area contributed by atoms with Crippen LogP contribution in [0.4, 0.5) is 0 Å². The summed E-state index contributed by atoms with van der Waals surface area (Å²) in [6.07, 6.45) is 2.83. The van der Waals surface area contributed by atoms with E-state index >= 15 is 0 Å². The SMILES string of the molecule is CCc1nn(CC)c(CC(C)(CC)CN)c1Cl. The van der Waals surface area contributed by atoms with Crippen molar-refractivity contribution in [1.29, 1.82) is 0 Å². The molecule has 0 fully saturated rings.